The van der Waals surface area contributed by atoms with E-state index >= 15 is 0 Å². The van der Waals surface area contributed by atoms with Crippen molar-refractivity contribution in [2.45, 2.75) is 6.61 Å². The fourth-order valence-corrected chi connectivity index (χ4v) is 2.69. The number of aromatic nitrogens is 4. The quantitative estimate of drug-likeness (QED) is 0.607. The van der Waals surface area contributed by atoms with Crippen LogP contribution < -0.4 is 5.32 Å². The predicted octanol–water partition coefficient (Wildman–Crippen LogP) is 3.68. The lowest BCUT2D eigenvalue weighted by Gasteiger charge is -2.09. The smallest absolute Gasteiger partial charge is 0.412 e. The maximum atomic E-state index is 12.1. The molecular formula is C17H12ClN5O2. The molecule has 0 saturated carbocycles. The number of benzene rings is 2. The highest BCUT2D eigenvalue weighted by Crippen LogP contribution is 2.25. The van der Waals surface area contributed by atoms with Crippen LogP contribution >= 0.6 is 11.6 Å². The van der Waals surface area contributed by atoms with E-state index in [0.717, 1.165) is 16.5 Å². The molecule has 8 heteroatoms. The lowest BCUT2D eigenvalue weighted by Crippen LogP contribution is -2.14. The Morgan fingerprint density at radius 1 is 1.16 bits per heavy atom. The van der Waals surface area contributed by atoms with Crippen LogP contribution in [0.1, 0.15) is 5.56 Å². The van der Waals surface area contributed by atoms with Crippen molar-refractivity contribution in [2.24, 2.45) is 0 Å². The molecule has 0 spiro atoms. The third kappa shape index (κ3) is 3.09. The van der Waals surface area contributed by atoms with E-state index in [9.17, 15) is 4.79 Å². The van der Waals surface area contributed by atoms with Crippen molar-refractivity contribution in [3.63, 3.8) is 0 Å². The molecule has 0 aliphatic carbocycles. The lowest BCUT2D eigenvalue weighted by molar-refractivity contribution is 0.155. The van der Waals surface area contributed by atoms with E-state index in [0.29, 0.717) is 16.4 Å². The minimum Gasteiger partial charge on any atom is -0.444 e. The van der Waals surface area contributed by atoms with Gasteiger partial charge in [0.2, 0.25) is 5.65 Å². The zero-order chi connectivity index (χ0) is 17.2. The van der Waals surface area contributed by atoms with Crippen molar-refractivity contribution in [1.82, 2.24) is 20.0 Å². The summed E-state index contributed by atoms with van der Waals surface area (Å²) in [5.41, 5.74) is 2.51. The van der Waals surface area contributed by atoms with Gasteiger partial charge in [0.1, 0.15) is 6.61 Å². The number of anilines is 1. The summed E-state index contributed by atoms with van der Waals surface area (Å²) >= 11 is 6.04. The fourth-order valence-electron chi connectivity index (χ4n) is 2.52. The summed E-state index contributed by atoms with van der Waals surface area (Å²) in [5.74, 6) is 0. The summed E-state index contributed by atoms with van der Waals surface area (Å²) in [6.07, 6.45) is -0.581. The molecule has 25 heavy (non-hydrogen) atoms. The van der Waals surface area contributed by atoms with Crippen molar-refractivity contribution in [3.05, 3.63) is 65.2 Å². The summed E-state index contributed by atoms with van der Waals surface area (Å²) in [6.45, 7) is 0.178. The standard InChI is InChI=1S/C17H12ClN5O2/c18-13-7-6-12-8-14(16-20-21-22-23(16)15(12)9-13)19-17(24)25-10-11-4-2-1-3-5-11/h1-9H,10H2,(H,19,24). The molecule has 1 N–H and O–H groups in total. The SMILES string of the molecule is O=C(Nc1cc2ccc(Cl)cc2n2nnnc12)OCc1ccccc1. The van der Waals surface area contributed by atoms with Crippen LogP contribution in [0.15, 0.2) is 54.6 Å². The summed E-state index contributed by atoms with van der Waals surface area (Å²) in [6, 6.07) is 16.6. The van der Waals surface area contributed by atoms with Gasteiger partial charge < -0.3 is 4.74 Å². The van der Waals surface area contributed by atoms with Crippen molar-refractivity contribution in [2.75, 3.05) is 5.32 Å². The Balaban J connectivity index is 1.61. The van der Waals surface area contributed by atoms with E-state index in [2.05, 4.69) is 20.8 Å². The Hall–Kier alpha value is -3.19. The predicted molar refractivity (Wildman–Crippen MR) is 93.5 cm³/mol. The molecule has 0 aliphatic heterocycles. The third-order valence-corrected chi connectivity index (χ3v) is 3.92. The number of amides is 1. The van der Waals surface area contributed by atoms with Crippen LogP contribution in [0.25, 0.3) is 16.6 Å². The molecule has 0 saturated heterocycles. The van der Waals surface area contributed by atoms with E-state index in [-0.39, 0.29) is 6.61 Å². The summed E-state index contributed by atoms with van der Waals surface area (Å²) in [7, 11) is 0. The van der Waals surface area contributed by atoms with E-state index in [1.807, 2.05) is 36.4 Å². The molecular weight excluding hydrogens is 342 g/mol. The maximum Gasteiger partial charge on any atom is 0.412 e. The monoisotopic (exact) mass is 353 g/mol. The highest BCUT2D eigenvalue weighted by Gasteiger charge is 2.13. The van der Waals surface area contributed by atoms with Crippen LogP contribution in [0.5, 0.6) is 0 Å². The number of hydrogen-bond donors (Lipinski definition) is 1. The fraction of sp³-hybridized carbons (Fsp3) is 0.0588. The van der Waals surface area contributed by atoms with Gasteiger partial charge in [-0.25, -0.2) is 4.79 Å². The maximum absolute atomic E-state index is 12.1. The van der Waals surface area contributed by atoms with Gasteiger partial charge in [0.05, 0.1) is 11.2 Å². The normalized spacial score (nSPS) is 10.9. The average Bonchev–Trinajstić information content (AvgIpc) is 3.12. The van der Waals surface area contributed by atoms with Gasteiger partial charge in [-0.05, 0) is 34.2 Å². The minimum atomic E-state index is -0.581. The highest BCUT2D eigenvalue weighted by atomic mass is 35.5. The molecule has 124 valence electrons. The van der Waals surface area contributed by atoms with Crippen molar-refractivity contribution in [3.8, 4) is 0 Å². The zero-order valence-corrected chi connectivity index (χ0v) is 13.6. The largest absolute Gasteiger partial charge is 0.444 e. The van der Waals surface area contributed by atoms with Crippen LogP contribution in [0.4, 0.5) is 10.5 Å². The number of nitrogens with one attached hydrogen (secondary N) is 1. The molecule has 2 aromatic carbocycles. The van der Waals surface area contributed by atoms with E-state index in [1.54, 1.807) is 18.2 Å². The van der Waals surface area contributed by atoms with Gasteiger partial charge in [-0.15, -0.1) is 5.10 Å². The van der Waals surface area contributed by atoms with E-state index in [1.165, 1.54) is 4.52 Å². The van der Waals surface area contributed by atoms with Gasteiger partial charge in [-0.1, -0.05) is 48.0 Å². The second kappa shape index (κ2) is 6.37. The van der Waals surface area contributed by atoms with Gasteiger partial charge in [0.15, 0.2) is 0 Å². The number of carbonyl (C=O) groups excluding carboxylic acids is 1. The molecule has 2 heterocycles. The lowest BCUT2D eigenvalue weighted by atomic mass is 10.2. The van der Waals surface area contributed by atoms with E-state index < -0.39 is 6.09 Å². The molecule has 2 aromatic heterocycles. The van der Waals surface area contributed by atoms with Crippen molar-refractivity contribution in [1.29, 1.82) is 0 Å². The van der Waals surface area contributed by atoms with E-state index in [4.69, 9.17) is 16.3 Å². The Kier molecular flexibility index (Phi) is 3.91. The highest BCUT2D eigenvalue weighted by molar-refractivity contribution is 6.31. The first-order valence-electron chi connectivity index (χ1n) is 7.49. The van der Waals surface area contributed by atoms with Crippen LogP contribution in [0, 0.1) is 0 Å². The van der Waals surface area contributed by atoms with Gasteiger partial charge in [0.25, 0.3) is 0 Å². The van der Waals surface area contributed by atoms with Gasteiger partial charge in [-0.2, -0.15) is 4.52 Å². The van der Waals surface area contributed by atoms with Crippen LogP contribution in [-0.2, 0) is 11.3 Å². The molecule has 4 aromatic rings. The van der Waals surface area contributed by atoms with Crippen LogP contribution in [0.2, 0.25) is 5.02 Å². The molecule has 0 atom stereocenters. The number of halogens is 1. The number of tetrazole rings is 1. The first-order valence-corrected chi connectivity index (χ1v) is 7.86. The second-order valence-electron chi connectivity index (χ2n) is 5.36. The second-order valence-corrected chi connectivity index (χ2v) is 5.80. The number of fused-ring (bicyclic) bond motifs is 3. The average molecular weight is 354 g/mol. The first-order chi connectivity index (χ1) is 12.2. The Morgan fingerprint density at radius 2 is 2.00 bits per heavy atom. The first kappa shape index (κ1) is 15.3. The molecule has 0 aliphatic rings. The molecule has 4 rings (SSSR count). The number of hydrogen-bond acceptors (Lipinski definition) is 5. The third-order valence-electron chi connectivity index (χ3n) is 3.68. The number of carbonyl (C=O) groups is 1. The summed E-state index contributed by atoms with van der Waals surface area (Å²) < 4.78 is 6.76. The Labute approximate surface area is 147 Å². The number of rotatable bonds is 3. The Morgan fingerprint density at radius 3 is 2.84 bits per heavy atom. The molecule has 0 fully saturated rings. The number of ether oxygens (including phenoxy) is 1. The number of pyridine rings is 1. The van der Waals surface area contributed by atoms with Gasteiger partial charge >= 0.3 is 6.09 Å². The molecule has 0 radical (unpaired) electrons. The van der Waals surface area contributed by atoms with Gasteiger partial charge in [-0.3, -0.25) is 5.32 Å². The molecule has 1 amide bonds. The van der Waals surface area contributed by atoms with Gasteiger partial charge in [0, 0.05) is 10.4 Å². The molecule has 7 nitrogen and oxygen atoms in total. The van der Waals surface area contributed by atoms with Crippen LogP contribution in [-0.4, -0.2) is 26.1 Å². The van der Waals surface area contributed by atoms with Crippen LogP contribution in [0.3, 0.4) is 0 Å². The van der Waals surface area contributed by atoms with Crippen molar-refractivity contribution < 1.29 is 9.53 Å². The summed E-state index contributed by atoms with van der Waals surface area (Å²) in [5, 5.41) is 15.7. The topological polar surface area (TPSA) is 81.4 Å². The molecule has 0 unspecified atom stereocenters. The minimum absolute atomic E-state index is 0.178. The zero-order valence-electron chi connectivity index (χ0n) is 12.9. The van der Waals surface area contributed by atoms with Crippen molar-refractivity contribution >= 4 is 39.9 Å². The Bertz CT molecular complexity index is 1060. The summed E-state index contributed by atoms with van der Waals surface area (Å²) in [4.78, 5) is 12.1. The number of nitrogens with zero attached hydrogens (tertiary/aromatic N) is 4. The molecule has 0 bridgehead atoms.